The highest BCUT2D eigenvalue weighted by Crippen LogP contribution is 2.05. The monoisotopic (exact) mass is 276 g/mol. The zero-order valence-electron chi connectivity index (χ0n) is 11.4. The number of aromatic carboxylic acids is 1. The van der Waals surface area contributed by atoms with Gasteiger partial charge in [0.1, 0.15) is 17.8 Å². The van der Waals surface area contributed by atoms with Crippen LogP contribution >= 0.6 is 0 Å². The smallest absolute Gasteiger partial charge is 0.352 e. The maximum atomic E-state index is 11.8. The normalized spacial score (nSPS) is 10.9. The summed E-state index contributed by atoms with van der Waals surface area (Å²) in [4.78, 5) is 27.1. The molecule has 0 spiro atoms. The van der Waals surface area contributed by atoms with Crippen LogP contribution in [-0.2, 0) is 13.1 Å². The van der Waals surface area contributed by atoms with Gasteiger partial charge in [0.15, 0.2) is 0 Å². The van der Waals surface area contributed by atoms with Gasteiger partial charge in [0.2, 0.25) is 0 Å². The van der Waals surface area contributed by atoms with Crippen LogP contribution in [0.15, 0.2) is 29.3 Å². The van der Waals surface area contributed by atoms with Gasteiger partial charge in [0.25, 0.3) is 5.56 Å². The standard InChI is InChI=1S/C13H16N4O3/c1-9(2)6-17-11(14-8-15-17)7-16-10(13(19)20)4-3-5-12(16)18/h3-5,8-9H,6-7H2,1-2H3,(H,19,20). The molecule has 2 aromatic rings. The molecular weight excluding hydrogens is 260 g/mol. The zero-order chi connectivity index (χ0) is 14.7. The summed E-state index contributed by atoms with van der Waals surface area (Å²) in [6.45, 7) is 4.85. The summed E-state index contributed by atoms with van der Waals surface area (Å²) >= 11 is 0. The predicted octanol–water partition coefficient (Wildman–Crippen LogP) is 0.842. The van der Waals surface area contributed by atoms with Gasteiger partial charge < -0.3 is 5.11 Å². The number of hydrogen-bond acceptors (Lipinski definition) is 4. The van der Waals surface area contributed by atoms with Gasteiger partial charge in [-0.25, -0.2) is 14.5 Å². The SMILES string of the molecule is CC(C)Cn1ncnc1Cn1c(C(=O)O)cccc1=O. The van der Waals surface area contributed by atoms with E-state index in [0.717, 1.165) is 0 Å². The van der Waals surface area contributed by atoms with E-state index in [1.54, 1.807) is 4.68 Å². The second kappa shape index (κ2) is 5.68. The van der Waals surface area contributed by atoms with Crippen LogP contribution in [0.25, 0.3) is 0 Å². The minimum absolute atomic E-state index is 0.0587. The van der Waals surface area contributed by atoms with Gasteiger partial charge in [0, 0.05) is 12.6 Å². The summed E-state index contributed by atoms with van der Waals surface area (Å²) < 4.78 is 2.87. The predicted molar refractivity (Wildman–Crippen MR) is 71.6 cm³/mol. The molecule has 0 aliphatic heterocycles. The van der Waals surface area contributed by atoms with Gasteiger partial charge in [-0.1, -0.05) is 19.9 Å². The molecule has 0 fully saturated rings. The second-order valence-corrected chi connectivity index (χ2v) is 4.89. The molecule has 106 valence electrons. The van der Waals surface area contributed by atoms with Crippen molar-refractivity contribution in [2.24, 2.45) is 5.92 Å². The number of nitrogens with zero attached hydrogens (tertiary/aromatic N) is 4. The molecule has 7 heteroatoms. The Kier molecular flexibility index (Phi) is 3.97. The number of pyridine rings is 1. The first-order valence-electron chi connectivity index (χ1n) is 6.29. The fraction of sp³-hybridized carbons (Fsp3) is 0.385. The molecule has 0 atom stereocenters. The molecule has 2 heterocycles. The number of aromatic nitrogens is 4. The van der Waals surface area contributed by atoms with E-state index < -0.39 is 5.97 Å². The third kappa shape index (κ3) is 2.93. The number of hydrogen-bond donors (Lipinski definition) is 1. The molecule has 0 radical (unpaired) electrons. The van der Waals surface area contributed by atoms with Crippen LogP contribution in [-0.4, -0.2) is 30.4 Å². The second-order valence-electron chi connectivity index (χ2n) is 4.89. The summed E-state index contributed by atoms with van der Waals surface area (Å²) in [6, 6.07) is 4.16. The summed E-state index contributed by atoms with van der Waals surface area (Å²) in [7, 11) is 0. The first kappa shape index (κ1) is 14.0. The summed E-state index contributed by atoms with van der Waals surface area (Å²) in [5, 5.41) is 13.2. The van der Waals surface area contributed by atoms with E-state index in [1.807, 2.05) is 13.8 Å². The minimum Gasteiger partial charge on any atom is -0.477 e. The van der Waals surface area contributed by atoms with E-state index in [1.165, 1.54) is 29.1 Å². The summed E-state index contributed by atoms with van der Waals surface area (Å²) in [5.74, 6) is -0.200. The lowest BCUT2D eigenvalue weighted by Crippen LogP contribution is -2.27. The molecular formula is C13H16N4O3. The molecule has 0 amide bonds. The van der Waals surface area contributed by atoms with E-state index in [0.29, 0.717) is 18.3 Å². The van der Waals surface area contributed by atoms with Crippen molar-refractivity contribution in [3.8, 4) is 0 Å². The van der Waals surface area contributed by atoms with Crippen LogP contribution in [0, 0.1) is 5.92 Å². The third-order valence-corrected chi connectivity index (χ3v) is 2.80. The molecule has 0 aromatic carbocycles. The van der Waals surface area contributed by atoms with Gasteiger partial charge in [0.05, 0.1) is 6.54 Å². The Hall–Kier alpha value is -2.44. The van der Waals surface area contributed by atoms with Crippen molar-refractivity contribution in [3.05, 3.63) is 46.4 Å². The van der Waals surface area contributed by atoms with E-state index in [2.05, 4.69) is 10.1 Å². The van der Waals surface area contributed by atoms with Crippen LogP contribution in [0.5, 0.6) is 0 Å². The van der Waals surface area contributed by atoms with E-state index >= 15 is 0 Å². The Bertz CT molecular complexity index is 672. The number of carbonyl (C=O) groups is 1. The van der Waals surface area contributed by atoms with E-state index in [9.17, 15) is 9.59 Å². The van der Waals surface area contributed by atoms with Crippen LogP contribution in [0.3, 0.4) is 0 Å². The van der Waals surface area contributed by atoms with Crippen LogP contribution in [0.2, 0.25) is 0 Å². The van der Waals surface area contributed by atoms with Crippen molar-refractivity contribution >= 4 is 5.97 Å². The number of rotatable bonds is 5. The highest BCUT2D eigenvalue weighted by molar-refractivity contribution is 5.85. The highest BCUT2D eigenvalue weighted by Gasteiger charge is 2.14. The Labute approximate surface area is 115 Å². The quantitative estimate of drug-likeness (QED) is 0.874. The minimum atomic E-state index is -1.14. The molecule has 0 bridgehead atoms. The summed E-state index contributed by atoms with van der Waals surface area (Å²) in [6.07, 6.45) is 1.41. The Morgan fingerprint density at radius 1 is 1.40 bits per heavy atom. The maximum Gasteiger partial charge on any atom is 0.352 e. The summed E-state index contributed by atoms with van der Waals surface area (Å²) in [5.41, 5.74) is -0.430. The first-order chi connectivity index (χ1) is 9.49. The fourth-order valence-corrected chi connectivity index (χ4v) is 1.92. The van der Waals surface area contributed by atoms with Crippen molar-refractivity contribution in [1.82, 2.24) is 19.3 Å². The van der Waals surface area contributed by atoms with Crippen molar-refractivity contribution in [2.75, 3.05) is 0 Å². The Morgan fingerprint density at radius 2 is 2.15 bits per heavy atom. The first-order valence-corrected chi connectivity index (χ1v) is 6.29. The van der Waals surface area contributed by atoms with Gasteiger partial charge in [-0.3, -0.25) is 9.36 Å². The average molecular weight is 276 g/mol. The van der Waals surface area contributed by atoms with Crippen LogP contribution in [0.4, 0.5) is 0 Å². The molecule has 2 aromatic heterocycles. The molecule has 1 N–H and O–H groups in total. The average Bonchev–Trinajstić information content (AvgIpc) is 2.78. The topological polar surface area (TPSA) is 90.0 Å². The molecule has 2 rings (SSSR count). The van der Waals surface area contributed by atoms with Gasteiger partial charge >= 0.3 is 5.97 Å². The zero-order valence-corrected chi connectivity index (χ0v) is 11.4. The molecule has 0 aliphatic rings. The largest absolute Gasteiger partial charge is 0.477 e. The Balaban J connectivity index is 2.38. The van der Waals surface area contributed by atoms with E-state index in [4.69, 9.17) is 5.11 Å². The number of carboxylic acids is 1. The van der Waals surface area contributed by atoms with Crippen LogP contribution in [0.1, 0.15) is 30.2 Å². The molecule has 7 nitrogen and oxygen atoms in total. The maximum absolute atomic E-state index is 11.8. The van der Waals surface area contributed by atoms with Crippen molar-refractivity contribution in [3.63, 3.8) is 0 Å². The third-order valence-electron chi connectivity index (χ3n) is 2.80. The number of carboxylic acid groups (broad SMARTS) is 1. The highest BCUT2D eigenvalue weighted by atomic mass is 16.4. The van der Waals surface area contributed by atoms with Crippen molar-refractivity contribution in [1.29, 1.82) is 0 Å². The lowest BCUT2D eigenvalue weighted by atomic mass is 10.2. The molecule has 0 aliphatic carbocycles. The van der Waals surface area contributed by atoms with Gasteiger partial charge in [-0.15, -0.1) is 0 Å². The van der Waals surface area contributed by atoms with Gasteiger partial charge in [-0.2, -0.15) is 5.10 Å². The fourth-order valence-electron chi connectivity index (χ4n) is 1.92. The van der Waals surface area contributed by atoms with Crippen LogP contribution < -0.4 is 5.56 Å². The Morgan fingerprint density at radius 3 is 2.80 bits per heavy atom. The lowest BCUT2D eigenvalue weighted by Gasteiger charge is -2.11. The van der Waals surface area contributed by atoms with E-state index in [-0.39, 0.29) is 17.8 Å². The molecule has 20 heavy (non-hydrogen) atoms. The molecule has 0 unspecified atom stereocenters. The van der Waals surface area contributed by atoms with Gasteiger partial charge in [-0.05, 0) is 12.0 Å². The van der Waals surface area contributed by atoms with Crippen molar-refractivity contribution in [2.45, 2.75) is 26.9 Å². The molecule has 0 saturated heterocycles. The van der Waals surface area contributed by atoms with Crippen molar-refractivity contribution < 1.29 is 9.90 Å². The molecule has 0 saturated carbocycles. The lowest BCUT2D eigenvalue weighted by molar-refractivity contribution is 0.0684.